The number of aliphatic hydroxyl groups is 14. The molecule has 20 heteroatoms. The van der Waals surface area contributed by atoms with Gasteiger partial charge in [0.2, 0.25) is 0 Å². The van der Waals surface area contributed by atoms with Gasteiger partial charge in [-0.3, -0.25) is 0 Å². The quantitative estimate of drug-likeness (QED) is 0.0547. The maximum absolute atomic E-state index is 10.9. The molecule has 0 radical (unpaired) electrons. The lowest BCUT2D eigenvalue weighted by atomic mass is 9.86. The van der Waals surface area contributed by atoms with Crippen LogP contribution in [0.3, 0.4) is 0 Å². The van der Waals surface area contributed by atoms with Gasteiger partial charge in [-0.25, -0.2) is 0 Å². The third-order valence-electron chi connectivity index (χ3n) is 10.4. The highest BCUT2D eigenvalue weighted by atomic mass is 16.6. The Morgan fingerprint density at radius 3 is 1.25 bits per heavy atom. The van der Waals surface area contributed by atoms with Crippen molar-refractivity contribution in [3.05, 3.63) is 0 Å². The van der Waals surface area contributed by atoms with Crippen LogP contribution < -0.4 is 0 Å². The minimum atomic E-state index is -1.70. The summed E-state index contributed by atoms with van der Waals surface area (Å²) in [5.41, 5.74) is 0. The molecule has 0 spiro atoms. The Labute approximate surface area is 301 Å². The molecule has 20 nitrogen and oxygen atoms in total. The van der Waals surface area contributed by atoms with E-state index in [1.165, 1.54) is 6.92 Å². The highest BCUT2D eigenvalue weighted by Gasteiger charge is 2.48. The minimum Gasteiger partial charge on any atom is -0.396 e. The minimum absolute atomic E-state index is 0.128. The Hall–Kier alpha value is -0.800. The third-order valence-corrected chi connectivity index (χ3v) is 10.4. The van der Waals surface area contributed by atoms with E-state index in [1.54, 1.807) is 6.92 Å². The lowest BCUT2D eigenvalue weighted by Crippen LogP contribution is -2.59. The Kier molecular flexibility index (Phi) is 18.8. The third kappa shape index (κ3) is 11.2. The summed E-state index contributed by atoms with van der Waals surface area (Å²) < 4.78 is 33.5. The molecule has 3 heterocycles. The van der Waals surface area contributed by atoms with Crippen LogP contribution >= 0.6 is 0 Å². The molecular formula is C32H60O20. The normalized spacial score (nSPS) is 41.7. The second-order valence-electron chi connectivity index (χ2n) is 14.2. The first-order valence-corrected chi connectivity index (χ1v) is 17.6. The molecule has 0 amide bonds. The van der Waals surface area contributed by atoms with Gasteiger partial charge in [-0.05, 0) is 0 Å². The number of ether oxygens (including phenoxy) is 6. The van der Waals surface area contributed by atoms with Crippen LogP contribution in [0.2, 0.25) is 0 Å². The summed E-state index contributed by atoms with van der Waals surface area (Å²) in [6.45, 7) is -0.656. The number of aliphatic hydroxyl groups excluding tert-OH is 14. The fraction of sp³-hybridized carbons (Fsp3) is 1.00. The molecule has 3 aliphatic heterocycles. The van der Waals surface area contributed by atoms with Gasteiger partial charge in [0, 0.05) is 36.2 Å². The van der Waals surface area contributed by atoms with E-state index < -0.39 is 148 Å². The van der Waals surface area contributed by atoms with Crippen molar-refractivity contribution in [3.63, 3.8) is 0 Å². The van der Waals surface area contributed by atoms with E-state index in [4.69, 9.17) is 28.4 Å². The van der Waals surface area contributed by atoms with Gasteiger partial charge < -0.3 is 99.9 Å². The molecule has 20 atom stereocenters. The Bertz CT molecular complexity index is 994. The Balaban J connectivity index is 1.47. The summed E-state index contributed by atoms with van der Waals surface area (Å²) in [7, 11) is 0. The van der Waals surface area contributed by atoms with Crippen molar-refractivity contribution in [2.45, 2.75) is 106 Å². The molecule has 3 aliphatic rings. The van der Waals surface area contributed by atoms with Crippen LogP contribution in [0.1, 0.15) is 13.8 Å². The van der Waals surface area contributed by atoms with Crippen LogP contribution in [-0.4, -0.2) is 229 Å². The zero-order valence-electron chi connectivity index (χ0n) is 29.3. The SMILES string of the molecule is CC(CO)C(O)C(O)C(O)C(C)COCC1C(CO)OC(COC[C@@H]2C(CO)O[C@@H](COCC3C(CO)OC(O)C(O)C3O)C(O)C2O)C(O)C1O. The number of rotatable bonds is 20. The molecule has 0 saturated carbocycles. The number of hydrogen-bond acceptors (Lipinski definition) is 20. The highest BCUT2D eigenvalue weighted by Crippen LogP contribution is 2.31. The topological polar surface area (TPSA) is 339 Å². The maximum atomic E-state index is 10.9. The second-order valence-corrected chi connectivity index (χ2v) is 14.2. The van der Waals surface area contributed by atoms with Gasteiger partial charge in [-0.2, -0.15) is 0 Å². The van der Waals surface area contributed by atoms with Crippen LogP contribution in [-0.2, 0) is 28.4 Å². The van der Waals surface area contributed by atoms with Crippen molar-refractivity contribution in [1.29, 1.82) is 0 Å². The zero-order valence-corrected chi connectivity index (χ0v) is 29.3. The average molecular weight is 765 g/mol. The van der Waals surface area contributed by atoms with Gasteiger partial charge in [0.05, 0.1) is 108 Å². The Morgan fingerprint density at radius 2 is 0.827 bits per heavy atom. The van der Waals surface area contributed by atoms with Gasteiger partial charge in [-0.15, -0.1) is 0 Å². The first-order chi connectivity index (χ1) is 24.6. The molecule has 0 bridgehead atoms. The molecular weight excluding hydrogens is 704 g/mol. The largest absolute Gasteiger partial charge is 0.396 e. The summed E-state index contributed by atoms with van der Waals surface area (Å²) in [6, 6.07) is 0. The predicted molar refractivity (Wildman–Crippen MR) is 172 cm³/mol. The van der Waals surface area contributed by atoms with Crippen molar-refractivity contribution >= 4 is 0 Å². The monoisotopic (exact) mass is 764 g/mol. The van der Waals surface area contributed by atoms with Crippen molar-refractivity contribution in [3.8, 4) is 0 Å². The van der Waals surface area contributed by atoms with Crippen molar-refractivity contribution in [2.24, 2.45) is 29.6 Å². The molecule has 0 aromatic rings. The van der Waals surface area contributed by atoms with Crippen LogP contribution in [0.25, 0.3) is 0 Å². The molecule has 3 fully saturated rings. The van der Waals surface area contributed by atoms with E-state index >= 15 is 0 Å². The van der Waals surface area contributed by atoms with E-state index in [9.17, 15) is 71.5 Å². The lowest BCUT2D eigenvalue weighted by Gasteiger charge is -2.44. The van der Waals surface area contributed by atoms with Crippen LogP contribution in [0.15, 0.2) is 0 Å². The fourth-order valence-electron chi connectivity index (χ4n) is 6.74. The van der Waals surface area contributed by atoms with E-state index in [1.807, 2.05) is 0 Å². The molecule has 18 unspecified atom stereocenters. The van der Waals surface area contributed by atoms with Gasteiger partial charge in [0.15, 0.2) is 6.29 Å². The first-order valence-electron chi connectivity index (χ1n) is 17.6. The van der Waals surface area contributed by atoms with E-state index in [0.717, 1.165) is 0 Å². The van der Waals surface area contributed by atoms with E-state index in [0.29, 0.717) is 0 Å². The number of hydrogen-bond donors (Lipinski definition) is 14. The van der Waals surface area contributed by atoms with Crippen molar-refractivity contribution < 1.29 is 99.9 Å². The fourth-order valence-corrected chi connectivity index (χ4v) is 6.74. The molecule has 0 aromatic carbocycles. The summed E-state index contributed by atoms with van der Waals surface area (Å²) in [5, 5.41) is 143. The van der Waals surface area contributed by atoms with Crippen LogP contribution in [0.5, 0.6) is 0 Å². The summed E-state index contributed by atoms with van der Waals surface area (Å²) >= 11 is 0. The standard InChI is InChI=1S/C32H60O20/c1-13(3-33)23(37)30(44)24(38)14(2)7-47-8-15-18(4-34)50-21(28(42)25(15)39)11-48-9-16-19(5-35)51-22(29(43)26(16)40)12-49-10-17-20(6-36)52-32(46)31(45)27(17)41/h13-46H,3-12H2,1-2H3/t13?,14?,15?,16-,17?,18?,19?,20?,21?,22+,23?,24?,25?,26?,27?,28?,29?,30?,31?,32?/m1/s1. The van der Waals surface area contributed by atoms with Gasteiger partial charge in [0.25, 0.3) is 0 Å². The second kappa shape index (κ2) is 21.5. The Morgan fingerprint density at radius 1 is 0.442 bits per heavy atom. The van der Waals surface area contributed by atoms with E-state index in [-0.39, 0.29) is 39.6 Å². The van der Waals surface area contributed by atoms with Gasteiger partial charge in [0.1, 0.15) is 36.6 Å². The molecule has 0 aromatic heterocycles. The van der Waals surface area contributed by atoms with E-state index in [2.05, 4.69) is 0 Å². The van der Waals surface area contributed by atoms with Crippen LogP contribution in [0, 0.1) is 29.6 Å². The molecule has 3 rings (SSSR count). The molecule has 0 aliphatic carbocycles. The van der Waals surface area contributed by atoms with Gasteiger partial charge in [-0.1, -0.05) is 13.8 Å². The smallest absolute Gasteiger partial charge is 0.183 e. The predicted octanol–water partition coefficient (Wildman–Crippen LogP) is -7.37. The molecule has 3 saturated heterocycles. The molecule has 52 heavy (non-hydrogen) atoms. The lowest BCUT2D eigenvalue weighted by molar-refractivity contribution is -0.282. The average Bonchev–Trinajstić information content (AvgIpc) is 3.14. The van der Waals surface area contributed by atoms with Crippen molar-refractivity contribution in [2.75, 3.05) is 66.1 Å². The van der Waals surface area contributed by atoms with Crippen LogP contribution in [0.4, 0.5) is 0 Å². The summed E-state index contributed by atoms with van der Waals surface area (Å²) in [5.74, 6) is -4.19. The first kappa shape index (κ1) is 45.6. The maximum Gasteiger partial charge on any atom is 0.183 e. The summed E-state index contributed by atoms with van der Waals surface area (Å²) in [6.07, 6.45) is -20.5. The van der Waals surface area contributed by atoms with Crippen molar-refractivity contribution in [1.82, 2.24) is 0 Å². The zero-order chi connectivity index (χ0) is 38.9. The highest BCUT2D eigenvalue weighted by molar-refractivity contribution is 4.95. The summed E-state index contributed by atoms with van der Waals surface area (Å²) in [4.78, 5) is 0. The molecule has 308 valence electrons. The van der Waals surface area contributed by atoms with Gasteiger partial charge >= 0.3 is 0 Å². The molecule has 14 N–H and O–H groups in total.